The number of aromatic nitrogens is 3. The molecule has 7 aromatic carbocycles. The molecule has 0 aliphatic rings. The highest BCUT2D eigenvalue weighted by atomic mass is 32.1. The molecule has 7 heteroatoms. The molecular weight excluding hydrogens is 723 g/mol. The highest BCUT2D eigenvalue weighted by Gasteiger charge is 2.17. The molecule has 0 bridgehead atoms. The van der Waals surface area contributed by atoms with E-state index in [4.69, 9.17) is 26.1 Å². The van der Waals surface area contributed by atoms with Crippen molar-refractivity contribution in [1.82, 2.24) is 15.0 Å². The number of benzene rings is 7. The fraction of sp³-hybridized carbons (Fsp3) is 0.0204. The predicted octanol–water partition coefficient (Wildman–Crippen LogP) is 13.1. The van der Waals surface area contributed by atoms with Crippen molar-refractivity contribution >= 4 is 64.3 Å². The molecule has 3 heterocycles. The second-order valence-corrected chi connectivity index (χ2v) is 15.6. The van der Waals surface area contributed by atoms with Gasteiger partial charge in [0.15, 0.2) is 17.5 Å². The van der Waals surface area contributed by atoms with E-state index >= 15 is 0 Å². The van der Waals surface area contributed by atoms with Crippen LogP contribution < -0.4 is 5.73 Å². The standard InChI is InChI=1S/C28H19N3S.C21H16N2S/c1-18-15-16-23-22(17-18)25-21(13-8-14-24(25)32-23)28-30-26(19-9-4-2-5-10-19)29-27(31-28)20-11-6-3-7-12-20;22-19(21-20(23)17-8-4-5-9-18(17)24-21)16-12-10-15(11-13-16)14-6-2-1-3-7-14/h2-17H,1H3;1-13,22H,23H2. The summed E-state index contributed by atoms with van der Waals surface area (Å²) in [6, 6.07) is 59.6. The van der Waals surface area contributed by atoms with E-state index in [-0.39, 0.29) is 0 Å². The molecule has 0 aliphatic heterocycles. The van der Waals surface area contributed by atoms with Gasteiger partial charge in [0.1, 0.15) is 0 Å². The summed E-state index contributed by atoms with van der Waals surface area (Å²) in [6.45, 7) is 2.13. The zero-order valence-corrected chi connectivity index (χ0v) is 32.1. The average molecular weight is 758 g/mol. The lowest BCUT2D eigenvalue weighted by Gasteiger charge is -2.09. The first-order valence-corrected chi connectivity index (χ1v) is 19.9. The molecule has 10 rings (SSSR count). The maximum Gasteiger partial charge on any atom is 0.164 e. The van der Waals surface area contributed by atoms with Crippen LogP contribution in [0.1, 0.15) is 16.0 Å². The summed E-state index contributed by atoms with van der Waals surface area (Å²) in [5, 5.41) is 12.0. The van der Waals surface area contributed by atoms with Crippen molar-refractivity contribution in [2.45, 2.75) is 6.92 Å². The number of nitrogen functional groups attached to an aromatic ring is 1. The number of fused-ring (bicyclic) bond motifs is 4. The van der Waals surface area contributed by atoms with Crippen molar-refractivity contribution in [2.75, 3.05) is 5.73 Å². The highest BCUT2D eigenvalue weighted by molar-refractivity contribution is 7.26. The van der Waals surface area contributed by atoms with Crippen LogP contribution in [0.3, 0.4) is 0 Å². The van der Waals surface area contributed by atoms with E-state index < -0.39 is 0 Å². The first-order valence-electron chi connectivity index (χ1n) is 18.3. The Bertz CT molecular complexity index is 2930. The topological polar surface area (TPSA) is 88.5 Å². The van der Waals surface area contributed by atoms with E-state index in [0.29, 0.717) is 28.9 Å². The molecule has 3 N–H and O–H groups in total. The van der Waals surface area contributed by atoms with Crippen LogP contribution in [-0.4, -0.2) is 20.7 Å². The van der Waals surface area contributed by atoms with E-state index in [1.165, 1.54) is 31.3 Å². The van der Waals surface area contributed by atoms with E-state index in [2.05, 4.69) is 67.6 Å². The fourth-order valence-electron chi connectivity index (χ4n) is 6.90. The molecule has 5 nitrogen and oxygen atoms in total. The van der Waals surface area contributed by atoms with Gasteiger partial charge in [-0.15, -0.1) is 22.7 Å². The predicted molar refractivity (Wildman–Crippen MR) is 238 cm³/mol. The van der Waals surface area contributed by atoms with E-state index in [1.807, 2.05) is 127 Å². The second-order valence-electron chi connectivity index (χ2n) is 13.5. The van der Waals surface area contributed by atoms with Crippen LogP contribution >= 0.6 is 22.7 Å². The number of nitrogens with one attached hydrogen (secondary N) is 1. The Balaban J connectivity index is 0.000000153. The molecule has 0 spiro atoms. The van der Waals surface area contributed by atoms with E-state index in [0.717, 1.165) is 42.8 Å². The van der Waals surface area contributed by atoms with E-state index in [9.17, 15) is 0 Å². The number of hydrogen-bond donors (Lipinski definition) is 2. The van der Waals surface area contributed by atoms with Crippen molar-refractivity contribution in [3.63, 3.8) is 0 Å². The lowest BCUT2D eigenvalue weighted by atomic mass is 10.0. The molecule has 3 aromatic heterocycles. The molecule has 0 unspecified atom stereocenters. The summed E-state index contributed by atoms with van der Waals surface area (Å²) >= 11 is 3.39. The molecule has 0 atom stereocenters. The third-order valence-electron chi connectivity index (χ3n) is 9.73. The SMILES string of the molecule is Cc1ccc2sc3cccc(-c4nc(-c5ccccc5)nc(-c5ccccc5)n4)c3c2c1.N=C(c1ccc(-c2ccccc2)cc1)c1sc2ccccc2c1N. The van der Waals surface area contributed by atoms with Gasteiger partial charge in [-0.2, -0.15) is 0 Å². The minimum absolute atomic E-state index is 0.480. The summed E-state index contributed by atoms with van der Waals surface area (Å²) in [5.74, 6) is 2.06. The van der Waals surface area contributed by atoms with Gasteiger partial charge in [0.25, 0.3) is 0 Å². The number of thiophene rings is 2. The van der Waals surface area contributed by atoms with Crippen LogP contribution in [0.5, 0.6) is 0 Å². The molecule has 56 heavy (non-hydrogen) atoms. The number of anilines is 1. The summed E-state index contributed by atoms with van der Waals surface area (Å²) in [4.78, 5) is 15.5. The molecule has 0 saturated heterocycles. The maximum absolute atomic E-state index is 8.55. The monoisotopic (exact) mass is 757 g/mol. The van der Waals surface area contributed by atoms with Gasteiger partial charge in [0.05, 0.1) is 16.3 Å². The Morgan fingerprint density at radius 2 is 1.02 bits per heavy atom. The number of rotatable bonds is 6. The quantitative estimate of drug-likeness (QED) is 0.165. The Morgan fingerprint density at radius 1 is 0.482 bits per heavy atom. The lowest BCUT2D eigenvalue weighted by molar-refractivity contribution is 1.08. The van der Waals surface area contributed by atoms with Gasteiger partial charge in [-0.1, -0.05) is 157 Å². The van der Waals surface area contributed by atoms with E-state index in [1.54, 1.807) is 11.3 Å². The van der Waals surface area contributed by atoms with Crippen LogP contribution in [0, 0.1) is 12.3 Å². The summed E-state index contributed by atoms with van der Waals surface area (Å²) in [6.07, 6.45) is 0. The smallest absolute Gasteiger partial charge is 0.164 e. The summed E-state index contributed by atoms with van der Waals surface area (Å²) in [7, 11) is 0. The molecular formula is C49H35N5S2. The molecule has 0 radical (unpaired) electrons. The fourth-order valence-corrected chi connectivity index (χ4v) is 9.11. The summed E-state index contributed by atoms with van der Waals surface area (Å²) in [5.41, 5.74) is 14.9. The highest BCUT2D eigenvalue weighted by Crippen LogP contribution is 2.40. The number of nitrogens with two attached hydrogens (primary N) is 1. The summed E-state index contributed by atoms with van der Waals surface area (Å²) < 4.78 is 3.64. The van der Waals surface area contributed by atoms with Crippen molar-refractivity contribution < 1.29 is 0 Å². The Hall–Kier alpha value is -6.80. The number of nitrogens with zero attached hydrogens (tertiary/aromatic N) is 3. The third-order valence-corrected chi connectivity index (χ3v) is 12.1. The van der Waals surface area contributed by atoms with Crippen LogP contribution in [0.25, 0.3) is 75.5 Å². The first-order chi connectivity index (χ1) is 27.5. The van der Waals surface area contributed by atoms with Gasteiger partial charge < -0.3 is 5.73 Å². The first kappa shape index (κ1) is 34.9. The molecule has 0 saturated carbocycles. The number of aryl methyl sites for hydroxylation is 1. The molecule has 10 aromatic rings. The van der Waals surface area contributed by atoms with Crippen LogP contribution in [0.4, 0.5) is 5.69 Å². The maximum atomic E-state index is 8.55. The Morgan fingerprint density at radius 3 is 1.66 bits per heavy atom. The Labute approximate surface area is 333 Å². The largest absolute Gasteiger partial charge is 0.397 e. The van der Waals surface area contributed by atoms with Crippen LogP contribution in [0.2, 0.25) is 0 Å². The average Bonchev–Trinajstić information content (AvgIpc) is 3.81. The van der Waals surface area contributed by atoms with Crippen molar-refractivity contribution in [2.24, 2.45) is 0 Å². The second kappa shape index (κ2) is 15.1. The van der Waals surface area contributed by atoms with Gasteiger partial charge in [0.2, 0.25) is 0 Å². The van der Waals surface area contributed by atoms with Gasteiger partial charge in [-0.05, 0) is 42.3 Å². The van der Waals surface area contributed by atoms with Gasteiger partial charge in [-0.3, -0.25) is 5.41 Å². The molecule has 0 fully saturated rings. The van der Waals surface area contributed by atoms with Gasteiger partial charge >= 0.3 is 0 Å². The van der Waals surface area contributed by atoms with Crippen LogP contribution in [-0.2, 0) is 0 Å². The minimum Gasteiger partial charge on any atom is -0.397 e. The van der Waals surface area contributed by atoms with Gasteiger partial charge in [0, 0.05) is 52.5 Å². The van der Waals surface area contributed by atoms with Gasteiger partial charge in [-0.25, -0.2) is 15.0 Å². The number of hydrogen-bond acceptors (Lipinski definition) is 7. The normalized spacial score (nSPS) is 11.1. The molecule has 0 amide bonds. The van der Waals surface area contributed by atoms with Crippen molar-refractivity contribution in [3.8, 4) is 45.3 Å². The van der Waals surface area contributed by atoms with Crippen molar-refractivity contribution in [1.29, 1.82) is 5.41 Å². The Kier molecular flexibility index (Phi) is 9.45. The zero-order valence-electron chi connectivity index (χ0n) is 30.5. The molecule has 268 valence electrons. The zero-order chi connectivity index (χ0) is 38.0. The minimum atomic E-state index is 0.480. The molecule has 0 aliphatic carbocycles. The van der Waals surface area contributed by atoms with Crippen LogP contribution in [0.15, 0.2) is 176 Å². The third kappa shape index (κ3) is 6.86. The lowest BCUT2D eigenvalue weighted by Crippen LogP contribution is -2.02. The van der Waals surface area contributed by atoms with Crippen molar-refractivity contribution in [3.05, 3.63) is 192 Å².